The van der Waals surface area contributed by atoms with Crippen molar-refractivity contribution >= 4 is 0 Å². The zero-order chi connectivity index (χ0) is 11.3. The third-order valence-electron chi connectivity index (χ3n) is 2.88. The third kappa shape index (κ3) is 1.68. The molecule has 0 bridgehead atoms. The molecule has 1 aliphatic heterocycles. The summed E-state index contributed by atoms with van der Waals surface area (Å²) in [6.07, 6.45) is 1.93. The maximum absolute atomic E-state index is 10.3. The van der Waals surface area contributed by atoms with Gasteiger partial charge in [-0.15, -0.1) is 0 Å². The highest BCUT2D eigenvalue weighted by molar-refractivity contribution is 5.32. The van der Waals surface area contributed by atoms with E-state index in [1.54, 1.807) is 4.68 Å². The van der Waals surface area contributed by atoms with Gasteiger partial charge < -0.3 is 10.4 Å². The molecule has 1 aliphatic rings. The summed E-state index contributed by atoms with van der Waals surface area (Å²) in [5, 5.41) is 17.9. The van der Waals surface area contributed by atoms with E-state index in [4.69, 9.17) is 0 Å². The van der Waals surface area contributed by atoms with Gasteiger partial charge in [-0.05, 0) is 0 Å². The molecule has 0 unspecified atom stereocenters. The molecule has 1 fully saturated rings. The summed E-state index contributed by atoms with van der Waals surface area (Å²) in [5.41, 5.74) is 1.23. The average molecular weight is 209 g/mol. The van der Waals surface area contributed by atoms with Crippen LogP contribution in [0.1, 0.15) is 32.0 Å². The standard InChI is InChI=1S/C11H19N3O/c1-10(2,3)9-8(5-14(4)13-9)11(15)6-12-7-11/h5,12,15H,6-7H2,1-4H3. The fourth-order valence-electron chi connectivity index (χ4n) is 1.94. The van der Waals surface area contributed by atoms with Gasteiger partial charge in [0.15, 0.2) is 0 Å². The first-order valence-electron chi connectivity index (χ1n) is 5.31. The maximum Gasteiger partial charge on any atom is 0.118 e. The highest BCUT2D eigenvalue weighted by Gasteiger charge is 2.41. The highest BCUT2D eigenvalue weighted by Crippen LogP contribution is 2.33. The first kappa shape index (κ1) is 10.6. The van der Waals surface area contributed by atoms with E-state index in [0.717, 1.165) is 11.3 Å². The molecule has 2 N–H and O–H groups in total. The van der Waals surface area contributed by atoms with Gasteiger partial charge in [-0.25, -0.2) is 0 Å². The molecule has 2 rings (SSSR count). The molecule has 0 aromatic carbocycles. The van der Waals surface area contributed by atoms with Gasteiger partial charge in [0.2, 0.25) is 0 Å². The molecule has 15 heavy (non-hydrogen) atoms. The number of aromatic nitrogens is 2. The van der Waals surface area contributed by atoms with Crippen molar-refractivity contribution in [1.82, 2.24) is 15.1 Å². The molecule has 4 nitrogen and oxygen atoms in total. The average Bonchev–Trinajstić information content (AvgIpc) is 2.42. The number of β-amino-alcohol motifs (C(OH)–C–C–N with tert-alkyl or cyclic N) is 1. The minimum absolute atomic E-state index is 0.0259. The molecule has 0 amide bonds. The van der Waals surface area contributed by atoms with Gasteiger partial charge in [0, 0.05) is 37.3 Å². The lowest BCUT2D eigenvalue weighted by molar-refractivity contribution is -0.0161. The van der Waals surface area contributed by atoms with Crippen molar-refractivity contribution in [3.8, 4) is 0 Å². The normalized spacial score (nSPS) is 20.1. The Labute approximate surface area is 90.3 Å². The smallest absolute Gasteiger partial charge is 0.118 e. The van der Waals surface area contributed by atoms with Gasteiger partial charge >= 0.3 is 0 Å². The third-order valence-corrected chi connectivity index (χ3v) is 2.88. The van der Waals surface area contributed by atoms with Crippen LogP contribution in [0.5, 0.6) is 0 Å². The van der Waals surface area contributed by atoms with Crippen LogP contribution < -0.4 is 5.32 Å². The van der Waals surface area contributed by atoms with Crippen molar-refractivity contribution in [2.45, 2.75) is 31.8 Å². The fourth-order valence-corrected chi connectivity index (χ4v) is 1.94. The van der Waals surface area contributed by atoms with Crippen LogP contribution in [0, 0.1) is 0 Å². The van der Waals surface area contributed by atoms with Gasteiger partial charge in [-0.2, -0.15) is 5.10 Å². The zero-order valence-electron chi connectivity index (χ0n) is 9.83. The monoisotopic (exact) mass is 209 g/mol. The first-order chi connectivity index (χ1) is 6.83. The Kier molecular flexibility index (Phi) is 2.17. The second kappa shape index (κ2) is 3.06. The van der Waals surface area contributed by atoms with Crippen LogP contribution in [0.2, 0.25) is 0 Å². The van der Waals surface area contributed by atoms with Gasteiger partial charge in [0.25, 0.3) is 0 Å². The minimum atomic E-state index is -0.711. The number of aryl methyl sites for hydroxylation is 1. The molecule has 0 aliphatic carbocycles. The lowest BCUT2D eigenvalue weighted by Gasteiger charge is -2.38. The molecular weight excluding hydrogens is 190 g/mol. The van der Waals surface area contributed by atoms with Crippen LogP contribution in [-0.2, 0) is 18.1 Å². The van der Waals surface area contributed by atoms with Crippen molar-refractivity contribution in [3.05, 3.63) is 17.5 Å². The van der Waals surface area contributed by atoms with E-state index in [0.29, 0.717) is 13.1 Å². The van der Waals surface area contributed by atoms with Gasteiger partial charge in [0.05, 0.1) is 5.69 Å². The molecule has 84 valence electrons. The zero-order valence-corrected chi connectivity index (χ0v) is 9.83. The predicted molar refractivity (Wildman–Crippen MR) is 58.7 cm³/mol. The summed E-state index contributed by atoms with van der Waals surface area (Å²) in [6, 6.07) is 0. The van der Waals surface area contributed by atoms with E-state index in [2.05, 4.69) is 31.2 Å². The minimum Gasteiger partial charge on any atom is -0.382 e. The molecular formula is C11H19N3O. The topological polar surface area (TPSA) is 50.1 Å². The molecule has 0 radical (unpaired) electrons. The number of aliphatic hydroxyl groups is 1. The Bertz CT molecular complexity index is 372. The van der Waals surface area contributed by atoms with Crippen LogP contribution in [0.4, 0.5) is 0 Å². The number of nitrogens with zero attached hydrogens (tertiary/aromatic N) is 2. The van der Waals surface area contributed by atoms with E-state index in [-0.39, 0.29) is 5.41 Å². The van der Waals surface area contributed by atoms with Crippen molar-refractivity contribution in [3.63, 3.8) is 0 Å². The van der Waals surface area contributed by atoms with Crippen LogP contribution >= 0.6 is 0 Å². The fraction of sp³-hybridized carbons (Fsp3) is 0.727. The molecule has 2 heterocycles. The van der Waals surface area contributed by atoms with Crippen molar-refractivity contribution in [2.75, 3.05) is 13.1 Å². The summed E-state index contributed by atoms with van der Waals surface area (Å²) in [4.78, 5) is 0. The summed E-state index contributed by atoms with van der Waals surface area (Å²) in [6.45, 7) is 7.61. The number of rotatable bonds is 1. The Morgan fingerprint density at radius 3 is 2.47 bits per heavy atom. The van der Waals surface area contributed by atoms with Crippen LogP contribution in [0.25, 0.3) is 0 Å². The SMILES string of the molecule is Cn1cc(C2(O)CNC2)c(C(C)(C)C)n1. The summed E-state index contributed by atoms with van der Waals surface area (Å²) >= 11 is 0. The first-order valence-corrected chi connectivity index (χ1v) is 5.31. The Morgan fingerprint density at radius 1 is 1.47 bits per heavy atom. The number of hydrogen-bond donors (Lipinski definition) is 2. The Morgan fingerprint density at radius 2 is 2.07 bits per heavy atom. The predicted octanol–water partition coefficient (Wildman–Crippen LogP) is 0.508. The lowest BCUT2D eigenvalue weighted by atomic mass is 9.81. The van der Waals surface area contributed by atoms with Crippen LogP contribution in [-0.4, -0.2) is 28.0 Å². The van der Waals surface area contributed by atoms with Gasteiger partial charge in [0.1, 0.15) is 5.60 Å². The quantitative estimate of drug-likeness (QED) is 0.708. The Balaban J connectivity index is 2.47. The molecule has 1 saturated heterocycles. The van der Waals surface area contributed by atoms with Gasteiger partial charge in [-0.3, -0.25) is 4.68 Å². The summed E-state index contributed by atoms with van der Waals surface area (Å²) in [7, 11) is 1.90. The Hall–Kier alpha value is -0.870. The second-order valence-electron chi connectivity index (χ2n) is 5.45. The molecule has 1 aromatic rings. The molecule has 4 heteroatoms. The molecule has 1 aromatic heterocycles. The van der Waals surface area contributed by atoms with Crippen LogP contribution in [0.3, 0.4) is 0 Å². The highest BCUT2D eigenvalue weighted by atomic mass is 16.3. The number of nitrogens with one attached hydrogen (secondary N) is 1. The maximum atomic E-state index is 10.3. The largest absolute Gasteiger partial charge is 0.382 e. The van der Waals surface area contributed by atoms with E-state index in [1.807, 2.05) is 13.2 Å². The molecule has 0 atom stereocenters. The van der Waals surface area contributed by atoms with Crippen molar-refractivity contribution in [1.29, 1.82) is 0 Å². The van der Waals surface area contributed by atoms with Crippen LogP contribution in [0.15, 0.2) is 6.20 Å². The summed E-state index contributed by atoms with van der Waals surface area (Å²) < 4.78 is 1.78. The van der Waals surface area contributed by atoms with Crippen molar-refractivity contribution in [2.24, 2.45) is 7.05 Å². The van der Waals surface area contributed by atoms with Crippen molar-refractivity contribution < 1.29 is 5.11 Å². The molecule has 0 saturated carbocycles. The lowest BCUT2D eigenvalue weighted by Crippen LogP contribution is -2.57. The van der Waals surface area contributed by atoms with E-state index in [9.17, 15) is 5.11 Å². The van der Waals surface area contributed by atoms with Gasteiger partial charge in [-0.1, -0.05) is 20.8 Å². The summed E-state index contributed by atoms with van der Waals surface area (Å²) in [5.74, 6) is 0. The van der Waals surface area contributed by atoms with E-state index in [1.165, 1.54) is 0 Å². The second-order valence-corrected chi connectivity index (χ2v) is 5.45. The molecule has 0 spiro atoms. The number of hydrogen-bond acceptors (Lipinski definition) is 3. The van der Waals surface area contributed by atoms with E-state index < -0.39 is 5.60 Å². The van der Waals surface area contributed by atoms with E-state index >= 15 is 0 Å².